The van der Waals surface area contributed by atoms with Gasteiger partial charge in [-0.1, -0.05) is 23.2 Å². The van der Waals surface area contributed by atoms with Crippen LogP contribution in [0.1, 0.15) is 12.8 Å². The molecule has 0 aliphatic heterocycles. The molecule has 9 nitrogen and oxygen atoms in total. The maximum Gasteiger partial charge on any atom is 0.363 e. The largest absolute Gasteiger partial charge is 0.494 e. The Morgan fingerprint density at radius 1 is 1.25 bits per heavy atom. The number of rotatable bonds is 12. The molecule has 0 saturated heterocycles. The predicted molar refractivity (Wildman–Crippen MR) is 88.8 cm³/mol. The van der Waals surface area contributed by atoms with Crippen LogP contribution >= 0.6 is 16.4 Å². The third kappa shape index (κ3) is 7.53. The van der Waals surface area contributed by atoms with Gasteiger partial charge in [-0.3, -0.25) is 4.57 Å². The molecule has 0 aliphatic carbocycles. The van der Waals surface area contributed by atoms with Gasteiger partial charge in [0.05, 0.1) is 6.61 Å². The monoisotopic (exact) mass is 383 g/mol. The number of hydrogen-bond donors (Lipinski definition) is 4. The first-order valence-electron chi connectivity index (χ1n) is 7.17. The van der Waals surface area contributed by atoms with Crippen molar-refractivity contribution in [1.29, 1.82) is 0 Å². The molecule has 0 amide bonds. The van der Waals surface area contributed by atoms with Gasteiger partial charge in [0, 0.05) is 19.5 Å². The number of benzene rings is 1. The zero-order valence-electron chi connectivity index (χ0n) is 13.2. The minimum Gasteiger partial charge on any atom is -0.494 e. The highest BCUT2D eigenvalue weighted by Crippen LogP contribution is 2.60. The van der Waals surface area contributed by atoms with Gasteiger partial charge in [0.2, 0.25) is 5.08 Å². The molecule has 0 bridgehead atoms. The summed E-state index contributed by atoms with van der Waals surface area (Å²) >= 11 is 0. The lowest BCUT2D eigenvalue weighted by atomic mass is 10.3. The summed E-state index contributed by atoms with van der Waals surface area (Å²) in [5.74, 6) is 0.776. The van der Waals surface area contributed by atoms with E-state index in [9.17, 15) is 19.5 Å². The first-order chi connectivity index (χ1) is 11.3. The minimum atomic E-state index is -4.84. The van der Waals surface area contributed by atoms with Crippen LogP contribution in [-0.4, -0.2) is 56.9 Å². The molecule has 1 rings (SSSR count). The first-order valence-corrected chi connectivity index (χ1v) is 9.69. The number of hydrogen-bond acceptors (Lipinski definition) is 7. The van der Waals surface area contributed by atoms with Crippen molar-refractivity contribution in [3.8, 4) is 5.75 Å². The quantitative estimate of drug-likeness (QED) is 0.184. The highest BCUT2D eigenvalue weighted by atomic mass is 31.2. The van der Waals surface area contributed by atoms with Crippen molar-refractivity contribution in [3.63, 3.8) is 0 Å². The third-order valence-corrected chi connectivity index (χ3v) is 6.33. The van der Waals surface area contributed by atoms with Crippen LogP contribution in [0, 0.1) is 0 Å². The molecule has 0 radical (unpaired) electrons. The Balaban J connectivity index is 2.32. The molecule has 0 saturated carbocycles. The zero-order chi connectivity index (χ0) is 18.1. The van der Waals surface area contributed by atoms with Crippen molar-refractivity contribution < 1.29 is 39.2 Å². The standard InChI is InChI=1S/C13H23NO8P2/c1-14(9-5-11-20-12-6-3-2-4-7-12)10-8-13(15,23-22-21-16)24(17,18)19/h2-4,6-7,15-16,23H,5,8-11H2,1H3,(H2,17,18,19). The molecule has 1 aromatic rings. The second-order valence-electron chi connectivity index (χ2n) is 5.19. The highest BCUT2D eigenvalue weighted by Gasteiger charge is 2.46. The van der Waals surface area contributed by atoms with Gasteiger partial charge in [-0.2, -0.15) is 4.67 Å². The fraction of sp³-hybridized carbons (Fsp3) is 0.538. The van der Waals surface area contributed by atoms with Crippen LogP contribution in [0.3, 0.4) is 0 Å². The second-order valence-corrected chi connectivity index (χ2v) is 8.64. The SMILES string of the molecule is CN(CCCOc1ccccc1)CCC(O)(POOO)P(=O)(O)O. The summed E-state index contributed by atoms with van der Waals surface area (Å²) in [6.07, 6.45) is 0.466. The van der Waals surface area contributed by atoms with Gasteiger partial charge >= 0.3 is 7.60 Å². The lowest BCUT2D eigenvalue weighted by Gasteiger charge is -2.28. The highest BCUT2D eigenvalue weighted by molar-refractivity contribution is 7.64. The molecule has 138 valence electrons. The van der Waals surface area contributed by atoms with Crippen LogP contribution in [0.15, 0.2) is 30.3 Å². The Morgan fingerprint density at radius 2 is 1.92 bits per heavy atom. The van der Waals surface area contributed by atoms with Crippen LogP contribution in [0.2, 0.25) is 0 Å². The van der Waals surface area contributed by atoms with Crippen molar-refractivity contribution in [2.75, 3.05) is 26.7 Å². The summed E-state index contributed by atoms with van der Waals surface area (Å²) in [7, 11) is -4.21. The number of para-hydroxylation sites is 1. The fourth-order valence-electron chi connectivity index (χ4n) is 1.84. The average molecular weight is 383 g/mol. The van der Waals surface area contributed by atoms with Gasteiger partial charge in [0.15, 0.2) is 0 Å². The van der Waals surface area contributed by atoms with E-state index in [0.29, 0.717) is 19.6 Å². The summed E-state index contributed by atoms with van der Waals surface area (Å²) in [6.45, 7) is 1.33. The van der Waals surface area contributed by atoms with E-state index in [1.807, 2.05) is 30.3 Å². The number of aliphatic hydroxyl groups is 1. The molecular weight excluding hydrogens is 360 g/mol. The van der Waals surface area contributed by atoms with Crippen molar-refractivity contribution in [1.82, 2.24) is 4.90 Å². The van der Waals surface area contributed by atoms with Crippen molar-refractivity contribution in [2.45, 2.75) is 17.9 Å². The first kappa shape index (κ1) is 21.4. The number of ether oxygens (including phenoxy) is 1. The summed E-state index contributed by atoms with van der Waals surface area (Å²) < 4.78 is 21.0. The van der Waals surface area contributed by atoms with Crippen LogP contribution in [0.25, 0.3) is 0 Å². The topological polar surface area (TPSA) is 129 Å². The van der Waals surface area contributed by atoms with Gasteiger partial charge in [0.25, 0.3) is 0 Å². The van der Waals surface area contributed by atoms with Gasteiger partial charge in [-0.15, -0.1) is 0 Å². The molecule has 0 fully saturated rings. The van der Waals surface area contributed by atoms with E-state index in [0.717, 1.165) is 5.75 Å². The Bertz CT molecular complexity index is 514. The summed E-state index contributed by atoms with van der Waals surface area (Å²) in [4.78, 5) is 20.3. The third-order valence-electron chi connectivity index (χ3n) is 3.26. The minimum absolute atomic E-state index is 0.217. The molecular formula is C13H23NO8P2. The van der Waals surface area contributed by atoms with Crippen LogP contribution in [0.4, 0.5) is 0 Å². The number of nitrogens with zero attached hydrogens (tertiary/aromatic N) is 1. The van der Waals surface area contributed by atoms with Crippen LogP contribution < -0.4 is 4.74 Å². The van der Waals surface area contributed by atoms with E-state index in [1.54, 1.807) is 11.9 Å². The molecule has 1 aromatic carbocycles. The molecule has 2 atom stereocenters. The van der Waals surface area contributed by atoms with Crippen molar-refractivity contribution in [2.24, 2.45) is 0 Å². The molecule has 0 aliphatic rings. The molecule has 11 heteroatoms. The lowest BCUT2D eigenvalue weighted by Crippen LogP contribution is -2.31. The Kier molecular flexibility index (Phi) is 9.30. The molecule has 4 N–H and O–H groups in total. The lowest BCUT2D eigenvalue weighted by molar-refractivity contribution is -0.436. The Hall–Kier alpha value is -0.600. The van der Waals surface area contributed by atoms with Gasteiger partial charge < -0.3 is 24.5 Å². The Labute approximate surface area is 142 Å². The van der Waals surface area contributed by atoms with E-state index < -0.39 is 21.5 Å². The van der Waals surface area contributed by atoms with E-state index in [1.165, 1.54) is 0 Å². The predicted octanol–water partition coefficient (Wildman–Crippen LogP) is 1.62. The molecule has 2 unspecified atom stereocenters. The van der Waals surface area contributed by atoms with Gasteiger partial charge in [0.1, 0.15) is 14.6 Å². The molecule has 0 spiro atoms. The van der Waals surface area contributed by atoms with Crippen LogP contribution in [-0.2, 0) is 14.3 Å². The smallest absolute Gasteiger partial charge is 0.363 e. The van der Waals surface area contributed by atoms with Gasteiger partial charge in [-0.05, 0) is 25.6 Å². The normalized spacial score (nSPS) is 15.1. The Morgan fingerprint density at radius 3 is 2.50 bits per heavy atom. The van der Waals surface area contributed by atoms with Gasteiger partial charge in [-0.25, -0.2) is 5.26 Å². The molecule has 24 heavy (non-hydrogen) atoms. The van der Waals surface area contributed by atoms with E-state index in [2.05, 4.69) is 9.71 Å². The molecule has 0 heterocycles. The second kappa shape index (κ2) is 10.4. The summed E-state index contributed by atoms with van der Waals surface area (Å²) in [6, 6.07) is 9.36. The maximum atomic E-state index is 11.4. The zero-order valence-corrected chi connectivity index (χ0v) is 15.1. The molecule has 0 aromatic heterocycles. The van der Waals surface area contributed by atoms with Crippen molar-refractivity contribution >= 4 is 16.4 Å². The maximum absolute atomic E-state index is 11.4. The fourth-order valence-corrected chi connectivity index (χ4v) is 3.20. The summed E-state index contributed by atoms with van der Waals surface area (Å²) in [5.41, 5.74) is 0. The van der Waals surface area contributed by atoms with E-state index >= 15 is 0 Å². The van der Waals surface area contributed by atoms with Crippen LogP contribution in [0.5, 0.6) is 5.75 Å². The summed E-state index contributed by atoms with van der Waals surface area (Å²) in [5, 5.41) is 19.1. The van der Waals surface area contributed by atoms with E-state index in [4.69, 9.17) is 9.99 Å². The van der Waals surface area contributed by atoms with Crippen molar-refractivity contribution in [3.05, 3.63) is 30.3 Å². The average Bonchev–Trinajstić information content (AvgIpc) is 2.55. The van der Waals surface area contributed by atoms with E-state index in [-0.39, 0.29) is 13.0 Å².